The molecule has 0 aliphatic rings. The molecule has 0 heterocycles. The number of aryl methyl sites for hydroxylation is 2. The van der Waals surface area contributed by atoms with Crippen molar-refractivity contribution in [1.29, 1.82) is 0 Å². The maximum Gasteiger partial charge on any atom is 0.337 e. The Kier molecular flexibility index (Phi) is 4.08. The zero-order valence-corrected chi connectivity index (χ0v) is 12.1. The van der Waals surface area contributed by atoms with Crippen molar-refractivity contribution < 1.29 is 9.90 Å². The van der Waals surface area contributed by atoms with Crippen molar-refractivity contribution in [3.63, 3.8) is 0 Å². The predicted octanol–water partition coefficient (Wildman–Crippen LogP) is 4.16. The van der Waals surface area contributed by atoms with Gasteiger partial charge in [-0.2, -0.15) is 0 Å². The van der Waals surface area contributed by atoms with Crippen molar-refractivity contribution in [2.24, 2.45) is 0 Å². The van der Waals surface area contributed by atoms with Gasteiger partial charge >= 0.3 is 5.97 Å². The fourth-order valence-electron chi connectivity index (χ4n) is 2.46. The van der Waals surface area contributed by atoms with Crippen LogP contribution in [0.5, 0.6) is 0 Å². The van der Waals surface area contributed by atoms with Crippen LogP contribution in [0.25, 0.3) is 0 Å². The first kappa shape index (κ1) is 14.1. The lowest BCUT2D eigenvalue weighted by molar-refractivity contribution is 0.0697. The molecule has 2 aromatic rings. The van der Waals surface area contributed by atoms with E-state index in [0.29, 0.717) is 12.1 Å². The van der Waals surface area contributed by atoms with Crippen LogP contribution in [0.1, 0.15) is 28.4 Å². The van der Waals surface area contributed by atoms with Gasteiger partial charge in [0.05, 0.1) is 11.3 Å². The Morgan fingerprint density at radius 3 is 2.45 bits per heavy atom. The molecule has 3 heteroatoms. The smallest absolute Gasteiger partial charge is 0.337 e. The van der Waals surface area contributed by atoms with Crippen LogP contribution < -0.4 is 4.90 Å². The van der Waals surface area contributed by atoms with Gasteiger partial charge in [-0.25, -0.2) is 4.79 Å². The van der Waals surface area contributed by atoms with Crippen molar-refractivity contribution in [3.05, 3.63) is 59.2 Å². The van der Waals surface area contributed by atoms with Crippen LogP contribution in [0.3, 0.4) is 0 Å². The van der Waals surface area contributed by atoms with Crippen LogP contribution in [0.2, 0.25) is 0 Å². The Bertz CT molecular complexity index is 635. The van der Waals surface area contributed by atoms with E-state index in [9.17, 15) is 9.90 Å². The minimum absolute atomic E-state index is 0.341. The van der Waals surface area contributed by atoms with Gasteiger partial charge < -0.3 is 10.0 Å². The third-order valence-corrected chi connectivity index (χ3v) is 3.37. The molecular formula is C17H19NO2. The number of rotatable bonds is 4. The summed E-state index contributed by atoms with van der Waals surface area (Å²) in [5.41, 5.74) is 4.26. The largest absolute Gasteiger partial charge is 0.478 e. The van der Waals surface area contributed by atoms with E-state index in [2.05, 4.69) is 6.07 Å². The molecule has 104 valence electrons. The third kappa shape index (κ3) is 2.67. The molecule has 0 spiro atoms. The molecule has 20 heavy (non-hydrogen) atoms. The van der Waals surface area contributed by atoms with E-state index in [1.54, 1.807) is 12.1 Å². The first-order valence-corrected chi connectivity index (χ1v) is 6.71. The van der Waals surface area contributed by atoms with Crippen molar-refractivity contribution in [2.75, 3.05) is 11.4 Å². The zero-order chi connectivity index (χ0) is 14.7. The zero-order valence-electron chi connectivity index (χ0n) is 12.1. The summed E-state index contributed by atoms with van der Waals surface area (Å²) in [5, 5.41) is 9.41. The van der Waals surface area contributed by atoms with E-state index in [-0.39, 0.29) is 0 Å². The van der Waals surface area contributed by atoms with E-state index >= 15 is 0 Å². The number of anilines is 2. The Balaban J connectivity index is 2.60. The highest BCUT2D eigenvalue weighted by Crippen LogP contribution is 2.32. The molecule has 0 aromatic heterocycles. The second-order valence-electron chi connectivity index (χ2n) is 4.86. The molecule has 0 radical (unpaired) electrons. The summed E-state index contributed by atoms with van der Waals surface area (Å²) in [5.74, 6) is -0.894. The summed E-state index contributed by atoms with van der Waals surface area (Å²) in [7, 11) is 0. The minimum Gasteiger partial charge on any atom is -0.478 e. The van der Waals surface area contributed by atoms with Gasteiger partial charge in [-0.1, -0.05) is 24.3 Å². The van der Waals surface area contributed by atoms with Gasteiger partial charge in [0, 0.05) is 12.2 Å². The Morgan fingerprint density at radius 1 is 1.15 bits per heavy atom. The summed E-state index contributed by atoms with van der Waals surface area (Å²) in [6.07, 6.45) is 0. The molecule has 0 amide bonds. The van der Waals surface area contributed by atoms with Crippen LogP contribution in [-0.4, -0.2) is 17.6 Å². The standard InChI is InChI=1S/C17H19NO2/c1-4-18(14-9-5-7-12(2)11-14)16-13(3)8-6-10-15(16)17(19)20/h5-11H,4H2,1-3H3,(H,19,20). The van der Waals surface area contributed by atoms with E-state index in [1.165, 1.54) is 0 Å². The predicted molar refractivity (Wildman–Crippen MR) is 82.0 cm³/mol. The lowest BCUT2D eigenvalue weighted by atomic mass is 10.1. The van der Waals surface area contributed by atoms with Crippen molar-refractivity contribution in [2.45, 2.75) is 20.8 Å². The molecule has 0 saturated carbocycles. The van der Waals surface area contributed by atoms with E-state index in [4.69, 9.17) is 0 Å². The Labute approximate surface area is 119 Å². The van der Waals surface area contributed by atoms with Gasteiger partial charge in [0.2, 0.25) is 0 Å². The normalized spacial score (nSPS) is 10.3. The molecule has 1 N–H and O–H groups in total. The van der Waals surface area contributed by atoms with Crippen LogP contribution in [0, 0.1) is 13.8 Å². The SMILES string of the molecule is CCN(c1cccc(C)c1)c1c(C)cccc1C(=O)O. The van der Waals surface area contributed by atoms with Crippen LogP contribution >= 0.6 is 0 Å². The first-order valence-electron chi connectivity index (χ1n) is 6.71. The number of nitrogens with zero attached hydrogens (tertiary/aromatic N) is 1. The molecule has 0 atom stereocenters. The van der Waals surface area contributed by atoms with E-state index < -0.39 is 5.97 Å². The second kappa shape index (κ2) is 5.78. The first-order chi connectivity index (χ1) is 9.54. The van der Waals surface area contributed by atoms with Gasteiger partial charge in [-0.3, -0.25) is 0 Å². The summed E-state index contributed by atoms with van der Waals surface area (Å²) in [6.45, 7) is 6.72. The fourth-order valence-corrected chi connectivity index (χ4v) is 2.46. The molecular weight excluding hydrogens is 250 g/mol. The number of aromatic carboxylic acids is 1. The summed E-state index contributed by atoms with van der Waals surface area (Å²) in [6, 6.07) is 13.5. The van der Waals surface area contributed by atoms with Gasteiger partial charge in [-0.05, 0) is 50.1 Å². The van der Waals surface area contributed by atoms with Crippen LogP contribution in [0.4, 0.5) is 11.4 Å². The highest BCUT2D eigenvalue weighted by molar-refractivity contribution is 5.96. The van der Waals surface area contributed by atoms with Gasteiger partial charge in [0.1, 0.15) is 0 Å². The molecule has 2 aromatic carbocycles. The van der Waals surface area contributed by atoms with Crippen LogP contribution in [-0.2, 0) is 0 Å². The topological polar surface area (TPSA) is 40.5 Å². The summed E-state index contributed by atoms with van der Waals surface area (Å²) >= 11 is 0. The number of benzene rings is 2. The molecule has 0 aliphatic heterocycles. The fraction of sp³-hybridized carbons (Fsp3) is 0.235. The molecule has 0 fully saturated rings. The summed E-state index contributed by atoms with van der Waals surface area (Å²) < 4.78 is 0. The Morgan fingerprint density at radius 2 is 1.85 bits per heavy atom. The minimum atomic E-state index is -0.894. The molecule has 2 rings (SSSR count). The van der Waals surface area contributed by atoms with Crippen LogP contribution in [0.15, 0.2) is 42.5 Å². The van der Waals surface area contributed by atoms with Gasteiger partial charge in [0.15, 0.2) is 0 Å². The number of hydrogen-bond donors (Lipinski definition) is 1. The third-order valence-electron chi connectivity index (χ3n) is 3.37. The number of para-hydroxylation sites is 1. The average Bonchev–Trinajstić information content (AvgIpc) is 2.41. The monoisotopic (exact) mass is 269 g/mol. The molecule has 3 nitrogen and oxygen atoms in total. The molecule has 0 unspecified atom stereocenters. The van der Waals surface area contributed by atoms with Gasteiger partial charge in [0.25, 0.3) is 0 Å². The highest BCUT2D eigenvalue weighted by Gasteiger charge is 2.18. The number of hydrogen-bond acceptors (Lipinski definition) is 2. The number of carboxylic acid groups (broad SMARTS) is 1. The number of carboxylic acids is 1. The van der Waals surface area contributed by atoms with Crippen molar-refractivity contribution in [3.8, 4) is 0 Å². The molecule has 0 bridgehead atoms. The average molecular weight is 269 g/mol. The maximum atomic E-state index is 11.5. The van der Waals surface area contributed by atoms with Crippen molar-refractivity contribution >= 4 is 17.3 Å². The van der Waals surface area contributed by atoms with E-state index in [0.717, 1.165) is 22.5 Å². The lowest BCUT2D eigenvalue weighted by Gasteiger charge is -2.27. The quantitative estimate of drug-likeness (QED) is 0.906. The maximum absolute atomic E-state index is 11.5. The van der Waals surface area contributed by atoms with E-state index in [1.807, 2.05) is 49.9 Å². The number of carbonyl (C=O) groups is 1. The Hall–Kier alpha value is -2.29. The summed E-state index contributed by atoms with van der Waals surface area (Å²) in [4.78, 5) is 13.5. The van der Waals surface area contributed by atoms with Gasteiger partial charge in [-0.15, -0.1) is 0 Å². The lowest BCUT2D eigenvalue weighted by Crippen LogP contribution is -2.20. The molecule has 0 saturated heterocycles. The second-order valence-corrected chi connectivity index (χ2v) is 4.86. The molecule has 0 aliphatic carbocycles. The van der Waals surface area contributed by atoms with Crippen molar-refractivity contribution in [1.82, 2.24) is 0 Å². The highest BCUT2D eigenvalue weighted by atomic mass is 16.4.